The lowest BCUT2D eigenvalue weighted by molar-refractivity contribution is 0.307. The Morgan fingerprint density at radius 2 is 1.86 bits per heavy atom. The van der Waals surface area contributed by atoms with E-state index < -0.39 is 0 Å². The number of fused-ring (bicyclic) bond motifs is 1. The van der Waals surface area contributed by atoms with Crippen molar-refractivity contribution in [1.29, 1.82) is 0 Å². The van der Waals surface area contributed by atoms with Gasteiger partial charge < -0.3 is 15.0 Å². The summed E-state index contributed by atoms with van der Waals surface area (Å²) in [5, 5.41) is 1.22. The summed E-state index contributed by atoms with van der Waals surface area (Å²) in [4.78, 5) is 0. The lowest BCUT2D eigenvalue weighted by Gasteiger charge is -2.06. The highest BCUT2D eigenvalue weighted by atomic mass is 16.5. The van der Waals surface area contributed by atoms with Crippen molar-refractivity contribution in [2.75, 3.05) is 0 Å². The number of aromatic nitrogens is 1. The van der Waals surface area contributed by atoms with Gasteiger partial charge >= 0.3 is 0 Å². The van der Waals surface area contributed by atoms with Gasteiger partial charge in [0, 0.05) is 36.3 Å². The highest BCUT2D eigenvalue weighted by Gasteiger charge is 2.08. The number of rotatable bonds is 4. The number of hydrogen-bond donors (Lipinski definition) is 1. The highest BCUT2D eigenvalue weighted by Crippen LogP contribution is 2.23. The Bertz CT molecular complexity index is 757. The number of hydrogen-bond acceptors (Lipinski definition) is 2. The van der Waals surface area contributed by atoms with Gasteiger partial charge in [0.2, 0.25) is 0 Å². The smallest absolute Gasteiger partial charge is 0.119 e. The van der Waals surface area contributed by atoms with Crippen molar-refractivity contribution in [3.8, 4) is 5.75 Å². The third kappa shape index (κ3) is 2.78. The van der Waals surface area contributed by atoms with Gasteiger partial charge in [-0.3, -0.25) is 0 Å². The van der Waals surface area contributed by atoms with Gasteiger partial charge in [-0.05, 0) is 30.7 Å². The Labute approximate surface area is 125 Å². The first kappa shape index (κ1) is 13.7. The SMILES string of the molecule is Cc1ccc(OCc2cn(C)c3cc(CN)ccc23)cc1. The molecule has 0 spiro atoms. The van der Waals surface area contributed by atoms with Crippen molar-refractivity contribution >= 4 is 10.9 Å². The summed E-state index contributed by atoms with van der Waals surface area (Å²) in [6.07, 6.45) is 2.12. The summed E-state index contributed by atoms with van der Waals surface area (Å²) in [7, 11) is 2.05. The average molecular weight is 280 g/mol. The van der Waals surface area contributed by atoms with E-state index in [0.717, 1.165) is 11.3 Å². The molecule has 2 N–H and O–H groups in total. The van der Waals surface area contributed by atoms with Crippen LogP contribution in [-0.2, 0) is 20.2 Å². The molecule has 0 atom stereocenters. The van der Waals surface area contributed by atoms with Crippen LogP contribution in [0.3, 0.4) is 0 Å². The topological polar surface area (TPSA) is 40.2 Å². The molecule has 0 fully saturated rings. The zero-order chi connectivity index (χ0) is 14.8. The molecular weight excluding hydrogens is 260 g/mol. The predicted molar refractivity (Wildman–Crippen MR) is 86.3 cm³/mol. The average Bonchev–Trinajstić information content (AvgIpc) is 2.82. The molecule has 2 aromatic carbocycles. The molecule has 0 radical (unpaired) electrons. The van der Waals surface area contributed by atoms with Crippen LogP contribution in [0.4, 0.5) is 0 Å². The molecule has 0 saturated heterocycles. The molecule has 1 aromatic heterocycles. The van der Waals surface area contributed by atoms with Gasteiger partial charge in [0.15, 0.2) is 0 Å². The van der Waals surface area contributed by atoms with Gasteiger partial charge in [-0.25, -0.2) is 0 Å². The molecule has 108 valence electrons. The van der Waals surface area contributed by atoms with Crippen LogP contribution in [0.2, 0.25) is 0 Å². The second-order valence-corrected chi connectivity index (χ2v) is 5.42. The fraction of sp³-hybridized carbons (Fsp3) is 0.222. The third-order valence-electron chi connectivity index (χ3n) is 3.79. The molecule has 0 aliphatic heterocycles. The van der Waals surface area contributed by atoms with Crippen molar-refractivity contribution in [1.82, 2.24) is 4.57 Å². The molecule has 0 saturated carbocycles. The molecule has 0 unspecified atom stereocenters. The molecule has 3 aromatic rings. The first-order valence-electron chi connectivity index (χ1n) is 7.14. The van der Waals surface area contributed by atoms with Crippen LogP contribution in [-0.4, -0.2) is 4.57 Å². The van der Waals surface area contributed by atoms with E-state index in [1.807, 2.05) is 12.1 Å². The molecular formula is C18H20N2O. The third-order valence-corrected chi connectivity index (χ3v) is 3.79. The molecule has 3 nitrogen and oxygen atoms in total. The summed E-state index contributed by atoms with van der Waals surface area (Å²) >= 11 is 0. The molecule has 0 amide bonds. The Balaban J connectivity index is 1.85. The van der Waals surface area contributed by atoms with Crippen LogP contribution in [0.15, 0.2) is 48.7 Å². The minimum absolute atomic E-state index is 0.566. The highest BCUT2D eigenvalue weighted by molar-refractivity contribution is 5.84. The minimum Gasteiger partial charge on any atom is -0.489 e. The maximum absolute atomic E-state index is 5.89. The molecule has 3 rings (SSSR count). The lowest BCUT2D eigenvalue weighted by atomic mass is 10.1. The second-order valence-electron chi connectivity index (χ2n) is 5.42. The first-order chi connectivity index (χ1) is 10.2. The van der Waals surface area contributed by atoms with Gasteiger partial charge in [0.1, 0.15) is 12.4 Å². The second kappa shape index (κ2) is 5.62. The molecule has 0 aliphatic rings. The van der Waals surface area contributed by atoms with Crippen LogP contribution >= 0.6 is 0 Å². The summed E-state index contributed by atoms with van der Waals surface area (Å²) in [5.74, 6) is 0.899. The lowest BCUT2D eigenvalue weighted by Crippen LogP contribution is -1.96. The van der Waals surface area contributed by atoms with Crippen molar-refractivity contribution in [2.24, 2.45) is 12.8 Å². The van der Waals surface area contributed by atoms with Crippen LogP contribution in [0.25, 0.3) is 10.9 Å². The number of aryl methyl sites for hydroxylation is 2. The zero-order valence-electron chi connectivity index (χ0n) is 12.5. The molecule has 3 heteroatoms. The summed E-state index contributed by atoms with van der Waals surface area (Å²) in [6.45, 7) is 3.21. The van der Waals surface area contributed by atoms with E-state index in [4.69, 9.17) is 10.5 Å². The number of nitrogens with zero attached hydrogens (tertiary/aromatic N) is 1. The van der Waals surface area contributed by atoms with Gasteiger partial charge in [-0.2, -0.15) is 0 Å². The van der Waals surface area contributed by atoms with E-state index in [-0.39, 0.29) is 0 Å². The fourth-order valence-corrected chi connectivity index (χ4v) is 2.55. The van der Waals surface area contributed by atoms with Crippen molar-refractivity contribution in [2.45, 2.75) is 20.1 Å². The predicted octanol–water partition coefficient (Wildman–Crippen LogP) is 3.52. The monoisotopic (exact) mass is 280 g/mol. The molecule has 0 bridgehead atoms. The van der Waals surface area contributed by atoms with E-state index in [1.165, 1.54) is 22.0 Å². The summed E-state index contributed by atoms with van der Waals surface area (Å²) in [5.41, 5.74) is 10.5. The van der Waals surface area contributed by atoms with Crippen LogP contribution in [0.1, 0.15) is 16.7 Å². The zero-order valence-corrected chi connectivity index (χ0v) is 12.5. The first-order valence-corrected chi connectivity index (χ1v) is 7.14. The molecule has 0 aliphatic carbocycles. The number of ether oxygens (including phenoxy) is 1. The van der Waals surface area contributed by atoms with Crippen molar-refractivity contribution in [3.63, 3.8) is 0 Å². The maximum Gasteiger partial charge on any atom is 0.119 e. The van der Waals surface area contributed by atoms with E-state index in [1.54, 1.807) is 0 Å². The number of benzene rings is 2. The van der Waals surface area contributed by atoms with Gasteiger partial charge in [-0.15, -0.1) is 0 Å². The van der Waals surface area contributed by atoms with E-state index in [9.17, 15) is 0 Å². The standard InChI is InChI=1S/C18H20N2O/c1-13-3-6-16(7-4-13)21-12-15-11-20(2)18-9-14(10-19)5-8-17(15)18/h3-9,11H,10,12,19H2,1-2H3. The Kier molecular flexibility index (Phi) is 3.67. The van der Waals surface area contributed by atoms with Gasteiger partial charge in [-0.1, -0.05) is 29.8 Å². The quantitative estimate of drug-likeness (QED) is 0.794. The van der Waals surface area contributed by atoms with Crippen molar-refractivity contribution in [3.05, 3.63) is 65.4 Å². The minimum atomic E-state index is 0.566. The van der Waals surface area contributed by atoms with Crippen LogP contribution < -0.4 is 10.5 Å². The van der Waals surface area contributed by atoms with Crippen LogP contribution in [0.5, 0.6) is 5.75 Å². The van der Waals surface area contributed by atoms with Gasteiger partial charge in [0.05, 0.1) is 0 Å². The van der Waals surface area contributed by atoms with Gasteiger partial charge in [0.25, 0.3) is 0 Å². The van der Waals surface area contributed by atoms with Crippen LogP contribution in [0, 0.1) is 6.92 Å². The normalized spacial score (nSPS) is 11.0. The van der Waals surface area contributed by atoms with Crippen molar-refractivity contribution < 1.29 is 4.74 Å². The Morgan fingerprint density at radius 3 is 2.57 bits per heavy atom. The fourth-order valence-electron chi connectivity index (χ4n) is 2.55. The number of nitrogens with two attached hydrogens (primary N) is 1. The van der Waals surface area contributed by atoms with E-state index in [0.29, 0.717) is 13.2 Å². The Hall–Kier alpha value is -2.26. The van der Waals surface area contributed by atoms with E-state index >= 15 is 0 Å². The summed E-state index contributed by atoms with van der Waals surface area (Å²) in [6, 6.07) is 14.5. The largest absolute Gasteiger partial charge is 0.489 e. The summed E-state index contributed by atoms with van der Waals surface area (Å²) < 4.78 is 8.01. The molecule has 1 heterocycles. The molecule has 21 heavy (non-hydrogen) atoms. The maximum atomic E-state index is 5.89. The Morgan fingerprint density at radius 1 is 1.10 bits per heavy atom. The van der Waals surface area contributed by atoms with E-state index in [2.05, 4.69) is 55.1 Å².